The van der Waals surface area contributed by atoms with E-state index in [9.17, 15) is 9.59 Å². The molecule has 1 fully saturated rings. The second-order valence-electron chi connectivity index (χ2n) is 9.22. The number of aryl methyl sites for hydroxylation is 1. The highest BCUT2D eigenvalue weighted by atomic mass is 16.5. The molecule has 0 spiro atoms. The fourth-order valence-electron chi connectivity index (χ4n) is 4.91. The molecule has 8 heteroatoms. The van der Waals surface area contributed by atoms with E-state index in [2.05, 4.69) is 5.32 Å². The number of furan rings is 1. The third-order valence-corrected chi connectivity index (χ3v) is 7.00. The number of rotatable bonds is 9. The lowest BCUT2D eigenvalue weighted by molar-refractivity contribution is -0.123. The van der Waals surface area contributed by atoms with Crippen LogP contribution in [0.2, 0.25) is 0 Å². The third kappa shape index (κ3) is 5.28. The number of ether oxygens (including phenoxy) is 3. The molecule has 3 aromatic rings. The Morgan fingerprint density at radius 2 is 1.65 bits per heavy atom. The number of benzene rings is 2. The number of carbonyl (C=O) groups is 2. The molecule has 37 heavy (non-hydrogen) atoms. The number of nitrogens with zero attached hydrogens (tertiary/aromatic N) is 1. The molecule has 2 aromatic carbocycles. The predicted molar refractivity (Wildman–Crippen MR) is 141 cm³/mol. The maximum Gasteiger partial charge on any atom is 0.294 e. The van der Waals surface area contributed by atoms with E-state index in [1.54, 1.807) is 24.3 Å². The van der Waals surface area contributed by atoms with E-state index in [4.69, 9.17) is 18.6 Å². The van der Waals surface area contributed by atoms with E-state index in [1.165, 1.54) is 32.5 Å². The molecule has 196 valence electrons. The molecule has 2 amide bonds. The van der Waals surface area contributed by atoms with E-state index in [1.807, 2.05) is 32.0 Å². The summed E-state index contributed by atoms with van der Waals surface area (Å²) in [5.74, 6) is 0.594. The third-order valence-electron chi connectivity index (χ3n) is 7.00. The zero-order valence-corrected chi connectivity index (χ0v) is 22.0. The van der Waals surface area contributed by atoms with Gasteiger partial charge in [-0.05, 0) is 73.7 Å². The largest absolute Gasteiger partial charge is 0.493 e. The number of carbonyl (C=O) groups excluding carboxylic acids is 2. The molecule has 1 heterocycles. The minimum absolute atomic E-state index is 0.0520. The standard InChI is InChI=1S/C29H34N2O6/c1-18-10-8-13-22(19(18)2)31(29(33)23-14-9-15-37-23)26(28(32)30-21-11-6-7-12-21)20-16-24(34-3)27(36-5)25(17-20)35-4/h8-10,13-17,21,26H,6-7,11-12H2,1-5H3,(H,30,32)/t26-/m0/s1. The van der Waals surface area contributed by atoms with E-state index < -0.39 is 11.9 Å². The summed E-state index contributed by atoms with van der Waals surface area (Å²) < 4.78 is 22.2. The molecule has 4 rings (SSSR count). The second-order valence-corrected chi connectivity index (χ2v) is 9.22. The second kappa shape index (κ2) is 11.4. The van der Waals surface area contributed by atoms with Crippen molar-refractivity contribution in [1.82, 2.24) is 5.32 Å². The molecular weight excluding hydrogens is 472 g/mol. The van der Waals surface area contributed by atoms with Crippen molar-refractivity contribution in [2.45, 2.75) is 51.6 Å². The Labute approximate surface area is 217 Å². The van der Waals surface area contributed by atoms with Gasteiger partial charge < -0.3 is 23.9 Å². The molecule has 1 saturated carbocycles. The van der Waals surface area contributed by atoms with Crippen LogP contribution < -0.4 is 24.4 Å². The summed E-state index contributed by atoms with van der Waals surface area (Å²) in [6.45, 7) is 3.91. The molecule has 1 atom stereocenters. The Balaban J connectivity index is 1.94. The molecule has 0 saturated heterocycles. The fraction of sp³-hybridized carbons (Fsp3) is 0.379. The summed E-state index contributed by atoms with van der Waals surface area (Å²) in [6.07, 6.45) is 5.38. The van der Waals surface area contributed by atoms with Gasteiger partial charge in [0.15, 0.2) is 17.3 Å². The van der Waals surface area contributed by atoms with Crippen molar-refractivity contribution in [3.63, 3.8) is 0 Å². The lowest BCUT2D eigenvalue weighted by Gasteiger charge is -2.33. The number of nitrogens with one attached hydrogen (secondary N) is 1. The normalized spacial score (nSPS) is 14.2. The first-order chi connectivity index (χ1) is 17.9. The highest BCUT2D eigenvalue weighted by Crippen LogP contribution is 2.42. The van der Waals surface area contributed by atoms with Crippen LogP contribution in [0, 0.1) is 13.8 Å². The van der Waals surface area contributed by atoms with Gasteiger partial charge in [-0.3, -0.25) is 14.5 Å². The van der Waals surface area contributed by atoms with Crippen molar-refractivity contribution < 1.29 is 28.2 Å². The van der Waals surface area contributed by atoms with Crippen molar-refractivity contribution in [2.75, 3.05) is 26.2 Å². The molecule has 0 aliphatic heterocycles. The van der Waals surface area contributed by atoms with Gasteiger partial charge in [0.05, 0.1) is 27.6 Å². The number of methoxy groups -OCH3 is 3. The number of amides is 2. The lowest BCUT2D eigenvalue weighted by Crippen LogP contribution is -2.46. The summed E-state index contributed by atoms with van der Waals surface area (Å²) in [4.78, 5) is 29.6. The summed E-state index contributed by atoms with van der Waals surface area (Å²) in [5, 5.41) is 3.19. The van der Waals surface area contributed by atoms with Gasteiger partial charge in [0, 0.05) is 11.7 Å². The Morgan fingerprint density at radius 1 is 0.973 bits per heavy atom. The lowest BCUT2D eigenvalue weighted by atomic mass is 9.98. The molecule has 0 bridgehead atoms. The molecule has 1 aromatic heterocycles. The van der Waals surface area contributed by atoms with Gasteiger partial charge in [-0.1, -0.05) is 25.0 Å². The summed E-state index contributed by atoms with van der Waals surface area (Å²) >= 11 is 0. The fourth-order valence-corrected chi connectivity index (χ4v) is 4.91. The number of hydrogen-bond acceptors (Lipinski definition) is 6. The van der Waals surface area contributed by atoms with Crippen molar-refractivity contribution in [2.24, 2.45) is 0 Å². The maximum atomic E-state index is 14.1. The van der Waals surface area contributed by atoms with Crippen LogP contribution >= 0.6 is 0 Å². The van der Waals surface area contributed by atoms with E-state index >= 15 is 0 Å². The van der Waals surface area contributed by atoms with Crippen LogP contribution in [-0.4, -0.2) is 39.2 Å². The van der Waals surface area contributed by atoms with Crippen LogP contribution in [0.1, 0.15) is 59.0 Å². The Bertz CT molecular complexity index is 1220. The predicted octanol–water partition coefficient (Wildman–Crippen LogP) is 5.37. The average molecular weight is 507 g/mol. The van der Waals surface area contributed by atoms with Crippen LogP contribution in [0.5, 0.6) is 17.2 Å². The van der Waals surface area contributed by atoms with Crippen LogP contribution in [0.25, 0.3) is 0 Å². The van der Waals surface area contributed by atoms with Crippen LogP contribution in [-0.2, 0) is 4.79 Å². The summed E-state index contributed by atoms with van der Waals surface area (Å²) in [7, 11) is 4.56. The highest BCUT2D eigenvalue weighted by Gasteiger charge is 2.37. The molecule has 1 aliphatic carbocycles. The molecule has 0 radical (unpaired) electrons. The first kappa shape index (κ1) is 26.1. The monoisotopic (exact) mass is 506 g/mol. The average Bonchev–Trinajstić information content (AvgIpc) is 3.62. The van der Waals surface area contributed by atoms with Crippen molar-refractivity contribution in [1.29, 1.82) is 0 Å². The van der Waals surface area contributed by atoms with Gasteiger partial charge in [-0.15, -0.1) is 0 Å². The van der Waals surface area contributed by atoms with Gasteiger partial charge in [-0.2, -0.15) is 0 Å². The van der Waals surface area contributed by atoms with Gasteiger partial charge in [0.2, 0.25) is 11.7 Å². The molecule has 8 nitrogen and oxygen atoms in total. The van der Waals surface area contributed by atoms with Gasteiger partial charge in [0.25, 0.3) is 5.91 Å². The maximum absolute atomic E-state index is 14.1. The molecular formula is C29H34N2O6. The number of anilines is 1. The zero-order valence-electron chi connectivity index (χ0n) is 22.0. The Hall–Kier alpha value is -3.94. The van der Waals surface area contributed by atoms with Crippen LogP contribution in [0.4, 0.5) is 5.69 Å². The van der Waals surface area contributed by atoms with Crippen molar-refractivity contribution >= 4 is 17.5 Å². The molecule has 1 aliphatic rings. The van der Waals surface area contributed by atoms with Crippen LogP contribution in [0.15, 0.2) is 53.1 Å². The summed E-state index contributed by atoms with van der Waals surface area (Å²) in [6, 6.07) is 11.4. The molecule has 0 unspecified atom stereocenters. The first-order valence-electron chi connectivity index (χ1n) is 12.4. The smallest absolute Gasteiger partial charge is 0.294 e. The Morgan fingerprint density at radius 3 is 2.22 bits per heavy atom. The van der Waals surface area contributed by atoms with E-state index in [0.717, 1.165) is 36.8 Å². The van der Waals surface area contributed by atoms with E-state index in [-0.39, 0.29) is 17.7 Å². The van der Waals surface area contributed by atoms with Crippen molar-refractivity contribution in [3.8, 4) is 17.2 Å². The van der Waals surface area contributed by atoms with E-state index in [0.29, 0.717) is 28.5 Å². The minimum Gasteiger partial charge on any atom is -0.493 e. The van der Waals surface area contributed by atoms with Gasteiger partial charge in [-0.25, -0.2) is 0 Å². The zero-order chi connectivity index (χ0) is 26.5. The SMILES string of the molecule is COc1cc([C@@H](C(=O)NC2CCCC2)N(C(=O)c2ccco2)c2cccc(C)c2C)cc(OC)c1OC. The highest BCUT2D eigenvalue weighted by molar-refractivity contribution is 6.09. The van der Waals surface area contributed by atoms with Crippen LogP contribution in [0.3, 0.4) is 0 Å². The van der Waals surface area contributed by atoms with Gasteiger partial charge in [0.1, 0.15) is 6.04 Å². The van der Waals surface area contributed by atoms with Gasteiger partial charge >= 0.3 is 0 Å². The minimum atomic E-state index is -1.03. The van der Waals surface area contributed by atoms with Crippen molar-refractivity contribution in [3.05, 3.63) is 71.2 Å². The number of hydrogen-bond donors (Lipinski definition) is 1. The Kier molecular flexibility index (Phi) is 8.06. The molecule has 1 N–H and O–H groups in total. The quantitative estimate of drug-likeness (QED) is 0.420. The topological polar surface area (TPSA) is 90.2 Å². The summed E-state index contributed by atoms with van der Waals surface area (Å²) in [5.41, 5.74) is 3.01. The first-order valence-corrected chi connectivity index (χ1v) is 12.4.